The summed E-state index contributed by atoms with van der Waals surface area (Å²) in [5, 5.41) is 58.0. The molecule has 406 valence electrons. The molecule has 25 nitrogen and oxygen atoms in total. The van der Waals surface area contributed by atoms with Crippen LogP contribution in [0.5, 0.6) is 34.5 Å². The number of esters is 2. The molecule has 4 aromatic carbocycles. The normalized spacial score (nSPS) is 11.8. The Morgan fingerprint density at radius 3 is 1.48 bits per heavy atom. The summed E-state index contributed by atoms with van der Waals surface area (Å²) in [6, 6.07) is 15.7. The number of carbonyl (C=O) groups is 6. The van der Waals surface area contributed by atoms with Gasteiger partial charge in [0.2, 0.25) is 0 Å². The van der Waals surface area contributed by atoms with Crippen LogP contribution in [0.3, 0.4) is 0 Å². The van der Waals surface area contributed by atoms with Gasteiger partial charge in [-0.3, -0.25) is 24.0 Å². The first kappa shape index (κ1) is 59.5. The maximum Gasteiger partial charge on any atom is 0.340 e. The number of rotatable bonds is 20. The molecular formula is C47H39Cl4FN6O19. The number of aliphatic carboxylic acids is 2. The number of halogens is 5. The number of amides is 2. The van der Waals surface area contributed by atoms with Crippen molar-refractivity contribution in [1.82, 2.24) is 19.6 Å². The van der Waals surface area contributed by atoms with Crippen molar-refractivity contribution < 1.29 is 87.1 Å². The van der Waals surface area contributed by atoms with Crippen LogP contribution in [0.1, 0.15) is 32.7 Å². The number of aliphatic hydroxyl groups is 3. The number of anilines is 2. The SMILES string of the molecule is COc1cc(C)ccc1Oc1cc(Cl)c(Cl)cc1C(=O)Nc1cnn(COC(=O)C(O)C(O)C(=O)O)c(=O)c1.COc1cc(F)ccc1Oc1cc(Cl)c(Cl)cc1C(=O)Nc1cnn(COC(=O)C(O)CC(=O)O)c(=O)c1. The van der Waals surface area contributed by atoms with Crippen LogP contribution >= 0.6 is 46.4 Å². The van der Waals surface area contributed by atoms with Gasteiger partial charge in [0.15, 0.2) is 54.8 Å². The van der Waals surface area contributed by atoms with Crippen molar-refractivity contribution in [3.63, 3.8) is 0 Å². The Morgan fingerprint density at radius 2 is 1.04 bits per heavy atom. The summed E-state index contributed by atoms with van der Waals surface area (Å²) in [5.74, 6) is -7.28. The fraction of sp³-hybridized carbons (Fsp3) is 0.191. The fourth-order valence-electron chi connectivity index (χ4n) is 5.94. The number of nitrogens with one attached hydrogen (secondary N) is 2. The van der Waals surface area contributed by atoms with Crippen LogP contribution in [0.15, 0.2) is 94.8 Å². The molecule has 2 aromatic heterocycles. The molecule has 6 aromatic rings. The molecule has 2 amide bonds. The lowest BCUT2D eigenvalue weighted by Gasteiger charge is -2.15. The van der Waals surface area contributed by atoms with Crippen LogP contribution in [0.2, 0.25) is 20.1 Å². The number of benzene rings is 4. The van der Waals surface area contributed by atoms with Crippen LogP contribution in [0.4, 0.5) is 15.8 Å². The maximum absolute atomic E-state index is 13.5. The molecule has 0 spiro atoms. The van der Waals surface area contributed by atoms with Crippen molar-refractivity contribution in [2.75, 3.05) is 24.9 Å². The van der Waals surface area contributed by atoms with E-state index in [1.54, 1.807) is 18.2 Å². The summed E-state index contributed by atoms with van der Waals surface area (Å²) >= 11 is 24.4. The highest BCUT2D eigenvalue weighted by atomic mass is 35.5. The van der Waals surface area contributed by atoms with E-state index in [9.17, 15) is 58.1 Å². The van der Waals surface area contributed by atoms with Crippen molar-refractivity contribution in [2.45, 2.75) is 45.1 Å². The van der Waals surface area contributed by atoms with Crippen molar-refractivity contribution in [3.8, 4) is 34.5 Å². The first-order chi connectivity index (χ1) is 36.4. The molecule has 0 aliphatic rings. The molecular weight excluding hydrogens is 1110 g/mol. The van der Waals surface area contributed by atoms with E-state index >= 15 is 0 Å². The molecule has 30 heteroatoms. The number of carboxylic acids is 2. The van der Waals surface area contributed by atoms with E-state index < -0.39 is 90.8 Å². The van der Waals surface area contributed by atoms with Gasteiger partial charge in [0.25, 0.3) is 22.9 Å². The Kier molecular flexibility index (Phi) is 20.8. The number of hydrogen-bond donors (Lipinski definition) is 7. The number of carboxylic acid groups (broad SMARTS) is 2. The standard InChI is InChI=1S/C24H21Cl2N3O10.C23H18Cl2FN3O9/c1-11-3-4-16(18(5-11)37-2)39-17-8-15(26)14(25)7-13(17)22(33)28-12-6-19(30)29(27-9-12)10-38-24(36)21(32)20(31)23(34)35;1-36-19-4-11(26)2-3-17(19)38-18-7-15(25)14(24)6-13(18)22(34)28-12-5-20(31)29(27-9-12)10-37-23(35)16(30)8-21(32)33/h3-9,20-21,31-32H,10H2,1-2H3,(H,28,33)(H,34,35);2-7,9,16,30H,8,10H2,1H3,(H,28,34)(H,32,33). The van der Waals surface area contributed by atoms with E-state index in [2.05, 4.69) is 30.3 Å². The predicted octanol–water partition coefficient (Wildman–Crippen LogP) is 5.30. The number of ether oxygens (including phenoxy) is 6. The molecule has 7 N–H and O–H groups in total. The number of carbonyl (C=O) groups excluding carboxylic acids is 4. The predicted molar refractivity (Wildman–Crippen MR) is 267 cm³/mol. The minimum absolute atomic E-state index is 0.0238. The topological polar surface area (TPSA) is 353 Å². The Labute approximate surface area is 451 Å². The zero-order valence-electron chi connectivity index (χ0n) is 39.6. The van der Waals surface area contributed by atoms with E-state index in [-0.39, 0.29) is 65.6 Å². The molecule has 0 bridgehead atoms. The van der Waals surface area contributed by atoms with Crippen LogP contribution in [0.25, 0.3) is 0 Å². The van der Waals surface area contributed by atoms with Gasteiger partial charge in [0.1, 0.15) is 17.3 Å². The average molecular weight is 1150 g/mol. The Balaban J connectivity index is 0.000000284. The lowest BCUT2D eigenvalue weighted by atomic mass is 10.1. The molecule has 0 aliphatic heterocycles. The van der Waals surface area contributed by atoms with Crippen LogP contribution in [-0.2, 0) is 42.1 Å². The quantitative estimate of drug-likeness (QED) is 0.0477. The summed E-state index contributed by atoms with van der Waals surface area (Å²) < 4.78 is 46.2. The Bertz CT molecular complexity index is 3360. The van der Waals surface area contributed by atoms with Gasteiger partial charge < -0.3 is 64.6 Å². The van der Waals surface area contributed by atoms with E-state index in [1.165, 1.54) is 44.6 Å². The molecule has 0 saturated carbocycles. The number of hydrogen-bond acceptors (Lipinski definition) is 19. The molecule has 6 rings (SSSR count). The minimum atomic E-state index is -2.41. The highest BCUT2D eigenvalue weighted by Gasteiger charge is 2.32. The van der Waals surface area contributed by atoms with E-state index in [1.807, 2.05) is 6.92 Å². The second kappa shape index (κ2) is 26.9. The fourth-order valence-corrected chi connectivity index (χ4v) is 6.58. The monoisotopic (exact) mass is 1150 g/mol. The summed E-state index contributed by atoms with van der Waals surface area (Å²) in [5.41, 5.74) is -0.942. The smallest absolute Gasteiger partial charge is 0.340 e. The van der Waals surface area contributed by atoms with Crippen LogP contribution < -0.4 is 40.7 Å². The lowest BCUT2D eigenvalue weighted by molar-refractivity contribution is -0.172. The van der Waals surface area contributed by atoms with Gasteiger partial charge in [0, 0.05) is 30.3 Å². The maximum atomic E-state index is 13.5. The third-order valence-corrected chi connectivity index (χ3v) is 11.2. The largest absolute Gasteiger partial charge is 0.493 e. The summed E-state index contributed by atoms with van der Waals surface area (Å²) in [7, 11) is 2.76. The molecule has 0 saturated heterocycles. The van der Waals surface area contributed by atoms with Crippen LogP contribution in [0, 0.1) is 12.7 Å². The third-order valence-electron chi connectivity index (χ3n) is 9.77. The molecule has 3 atom stereocenters. The number of aliphatic hydroxyl groups excluding tert-OH is 3. The van der Waals surface area contributed by atoms with Crippen LogP contribution in [-0.4, -0.2) is 113 Å². The number of methoxy groups -OCH3 is 2. The second-order valence-corrected chi connectivity index (χ2v) is 16.9. The zero-order chi connectivity index (χ0) is 56.8. The van der Waals surface area contributed by atoms with Gasteiger partial charge >= 0.3 is 23.9 Å². The number of aromatic nitrogens is 4. The molecule has 0 fully saturated rings. The second-order valence-electron chi connectivity index (χ2n) is 15.3. The van der Waals surface area contributed by atoms with Gasteiger partial charge in [-0.15, -0.1) is 0 Å². The van der Waals surface area contributed by atoms with Gasteiger partial charge in [-0.25, -0.2) is 18.8 Å². The van der Waals surface area contributed by atoms with Gasteiger partial charge in [0.05, 0.1) is 75.6 Å². The molecule has 0 radical (unpaired) electrons. The van der Waals surface area contributed by atoms with Gasteiger partial charge in [-0.05, 0) is 48.9 Å². The summed E-state index contributed by atoms with van der Waals surface area (Å²) in [6.07, 6.45) is -5.44. The Morgan fingerprint density at radius 1 is 0.597 bits per heavy atom. The average Bonchev–Trinajstić information content (AvgIpc) is 3.37. The first-order valence-corrected chi connectivity index (χ1v) is 22.8. The zero-order valence-corrected chi connectivity index (χ0v) is 42.6. The summed E-state index contributed by atoms with van der Waals surface area (Å²) in [6.45, 7) is 0.342. The van der Waals surface area contributed by atoms with Crippen molar-refractivity contribution >= 4 is 93.5 Å². The van der Waals surface area contributed by atoms with Gasteiger partial charge in [-0.2, -0.15) is 19.6 Å². The number of nitrogens with zero attached hydrogens (tertiary/aromatic N) is 4. The highest BCUT2D eigenvalue weighted by molar-refractivity contribution is 6.43. The molecule has 3 unspecified atom stereocenters. The van der Waals surface area contributed by atoms with E-state index in [0.717, 1.165) is 42.2 Å². The van der Waals surface area contributed by atoms with Gasteiger partial charge in [-0.1, -0.05) is 52.5 Å². The molecule has 0 aliphatic carbocycles. The molecule has 77 heavy (non-hydrogen) atoms. The van der Waals surface area contributed by atoms with Crippen molar-refractivity contribution in [3.05, 3.63) is 148 Å². The third kappa shape index (κ3) is 16.3. The minimum Gasteiger partial charge on any atom is -0.493 e. The van der Waals surface area contributed by atoms with Crippen molar-refractivity contribution in [2.24, 2.45) is 0 Å². The van der Waals surface area contributed by atoms with E-state index in [4.69, 9.17) is 75.6 Å². The highest BCUT2D eigenvalue weighted by Crippen LogP contribution is 2.39. The van der Waals surface area contributed by atoms with E-state index in [0.29, 0.717) is 20.9 Å². The summed E-state index contributed by atoms with van der Waals surface area (Å²) in [4.78, 5) is 95.2. The molecule has 2 heterocycles. The Hall–Kier alpha value is -8.37. The van der Waals surface area contributed by atoms with Crippen molar-refractivity contribution in [1.29, 1.82) is 0 Å². The number of aryl methyl sites for hydroxylation is 1. The first-order valence-electron chi connectivity index (χ1n) is 21.3. The lowest BCUT2D eigenvalue weighted by Crippen LogP contribution is -2.41.